The molecule has 2 heterocycles. The molecule has 1 aliphatic heterocycles. The highest BCUT2D eigenvalue weighted by Crippen LogP contribution is 2.35. The molecule has 32 heavy (non-hydrogen) atoms. The molecule has 6 nitrogen and oxygen atoms in total. The maximum Gasteiger partial charge on any atom is 0.138 e. The minimum Gasteiger partial charge on any atom is -0.492 e. The van der Waals surface area contributed by atoms with E-state index >= 15 is 0 Å². The summed E-state index contributed by atoms with van der Waals surface area (Å²) in [6, 6.07) is 13.5. The van der Waals surface area contributed by atoms with Gasteiger partial charge in [-0.05, 0) is 42.8 Å². The Hall–Kier alpha value is -2.80. The molecule has 0 unspecified atom stereocenters. The second-order valence-corrected chi connectivity index (χ2v) is 8.34. The molecule has 2 aromatic carbocycles. The number of anilines is 1. The summed E-state index contributed by atoms with van der Waals surface area (Å²) in [4.78, 5) is 6.84. The van der Waals surface area contributed by atoms with Crippen LogP contribution in [-0.4, -0.2) is 56.4 Å². The van der Waals surface area contributed by atoms with Crippen molar-refractivity contribution in [2.75, 3.05) is 50.9 Å². The average Bonchev–Trinajstić information content (AvgIpc) is 2.79. The molecule has 7 heteroatoms. The van der Waals surface area contributed by atoms with Crippen molar-refractivity contribution >= 4 is 33.9 Å². The number of aromatic nitrogens is 1. The van der Waals surface area contributed by atoms with Gasteiger partial charge in [-0.1, -0.05) is 6.58 Å². The quantitative estimate of drug-likeness (QED) is 0.428. The summed E-state index contributed by atoms with van der Waals surface area (Å²) >= 11 is 6.23. The van der Waals surface area contributed by atoms with Crippen molar-refractivity contribution in [3.05, 3.63) is 60.8 Å². The largest absolute Gasteiger partial charge is 0.492 e. The zero-order valence-electron chi connectivity index (χ0n) is 18.5. The minimum absolute atomic E-state index is 0.630. The van der Waals surface area contributed by atoms with Crippen molar-refractivity contribution in [1.82, 2.24) is 9.88 Å². The Morgan fingerprint density at radius 1 is 1.16 bits per heavy atom. The van der Waals surface area contributed by atoms with E-state index in [0.29, 0.717) is 12.4 Å². The molecule has 0 N–H and O–H groups in total. The topological polar surface area (TPSA) is 47.1 Å². The van der Waals surface area contributed by atoms with Crippen LogP contribution in [-0.2, 0) is 4.74 Å². The fourth-order valence-corrected chi connectivity index (χ4v) is 3.86. The van der Waals surface area contributed by atoms with Crippen molar-refractivity contribution in [1.29, 1.82) is 0 Å². The van der Waals surface area contributed by atoms with Gasteiger partial charge >= 0.3 is 0 Å². The number of hydrogen-bond acceptors (Lipinski definition) is 6. The van der Waals surface area contributed by atoms with Gasteiger partial charge in [0.15, 0.2) is 0 Å². The van der Waals surface area contributed by atoms with E-state index in [-0.39, 0.29) is 0 Å². The lowest BCUT2D eigenvalue weighted by molar-refractivity contribution is 0.0322. The highest BCUT2D eigenvalue weighted by atomic mass is 35.5. The predicted octanol–water partition coefficient (Wildman–Crippen LogP) is 5.36. The Labute approximate surface area is 194 Å². The number of nitrogens with zero attached hydrogens (tertiary/aromatic N) is 3. The first-order valence-electron chi connectivity index (χ1n) is 10.7. The Morgan fingerprint density at radius 3 is 2.69 bits per heavy atom. The van der Waals surface area contributed by atoms with Crippen LogP contribution in [0.15, 0.2) is 55.2 Å². The molecular weight excluding hydrogens is 426 g/mol. The summed E-state index contributed by atoms with van der Waals surface area (Å²) in [5.41, 5.74) is 3.58. The molecular formula is C25H28ClN3O3. The number of benzene rings is 2. The zero-order valence-corrected chi connectivity index (χ0v) is 19.3. The predicted molar refractivity (Wildman–Crippen MR) is 130 cm³/mol. The van der Waals surface area contributed by atoms with Crippen molar-refractivity contribution in [3.63, 3.8) is 0 Å². The van der Waals surface area contributed by atoms with Gasteiger partial charge in [-0.15, -0.1) is 0 Å². The fourth-order valence-electron chi connectivity index (χ4n) is 3.72. The second kappa shape index (κ2) is 10.2. The Balaban J connectivity index is 1.49. The van der Waals surface area contributed by atoms with Crippen molar-refractivity contribution in [3.8, 4) is 17.2 Å². The maximum absolute atomic E-state index is 6.23. The second-order valence-electron chi connectivity index (χ2n) is 7.83. The van der Waals surface area contributed by atoms with Crippen LogP contribution < -0.4 is 13.9 Å². The first kappa shape index (κ1) is 22.4. The van der Waals surface area contributed by atoms with Crippen LogP contribution in [0.3, 0.4) is 0 Å². The summed E-state index contributed by atoms with van der Waals surface area (Å²) in [6.07, 6.45) is 1.74. The Bertz CT molecular complexity index is 1100. The van der Waals surface area contributed by atoms with Crippen LogP contribution in [0.1, 0.15) is 12.5 Å². The zero-order chi connectivity index (χ0) is 22.5. The molecule has 0 aliphatic carbocycles. The van der Waals surface area contributed by atoms with E-state index in [1.54, 1.807) is 17.7 Å². The minimum atomic E-state index is 0.630. The first-order valence-corrected chi connectivity index (χ1v) is 11.0. The molecule has 0 amide bonds. The molecule has 1 aromatic heterocycles. The number of halogens is 1. The van der Waals surface area contributed by atoms with Crippen molar-refractivity contribution in [2.24, 2.45) is 0 Å². The lowest BCUT2D eigenvalue weighted by atomic mass is 10.1. The number of rotatable bonds is 8. The van der Waals surface area contributed by atoms with E-state index in [2.05, 4.69) is 16.5 Å². The fraction of sp³-hybridized carbons (Fsp3) is 0.320. The average molecular weight is 454 g/mol. The van der Waals surface area contributed by atoms with E-state index in [0.717, 1.165) is 72.1 Å². The van der Waals surface area contributed by atoms with Gasteiger partial charge in [0.05, 0.1) is 24.4 Å². The molecule has 0 radical (unpaired) electrons. The first-order chi connectivity index (χ1) is 15.5. The summed E-state index contributed by atoms with van der Waals surface area (Å²) < 4.78 is 19.1. The van der Waals surface area contributed by atoms with Crippen molar-refractivity contribution < 1.29 is 14.2 Å². The van der Waals surface area contributed by atoms with Gasteiger partial charge in [-0.3, -0.25) is 14.3 Å². The Morgan fingerprint density at radius 2 is 1.94 bits per heavy atom. The van der Waals surface area contributed by atoms with Gasteiger partial charge < -0.3 is 14.2 Å². The van der Waals surface area contributed by atoms with E-state index in [1.807, 2.05) is 49.4 Å². The van der Waals surface area contributed by atoms with E-state index in [1.165, 1.54) is 0 Å². The van der Waals surface area contributed by atoms with Crippen LogP contribution in [0.5, 0.6) is 17.2 Å². The molecule has 0 atom stereocenters. The van der Waals surface area contributed by atoms with Gasteiger partial charge in [0.2, 0.25) is 0 Å². The van der Waals surface area contributed by atoms with Crippen LogP contribution in [0, 0.1) is 0 Å². The monoisotopic (exact) mass is 453 g/mol. The normalized spacial score (nSPS) is 14.3. The lowest BCUT2D eigenvalue weighted by Gasteiger charge is -2.26. The van der Waals surface area contributed by atoms with E-state index < -0.39 is 0 Å². The standard InChI is InChI=1S/C25H28ClN3O3/c1-18(2)21-6-5-20(17-24(21)28(3)26)32-25-8-9-27-23-16-19(4-7-22(23)25)31-15-12-29-10-13-30-14-11-29/h4-9,16-17H,1,10-15H2,2-3H3. The molecule has 1 saturated heterocycles. The van der Waals surface area contributed by atoms with Gasteiger partial charge in [-0.25, -0.2) is 0 Å². The van der Waals surface area contributed by atoms with Crippen LogP contribution in [0.4, 0.5) is 5.69 Å². The number of hydrogen-bond donors (Lipinski definition) is 0. The number of allylic oxidation sites excluding steroid dienone is 1. The summed E-state index contributed by atoms with van der Waals surface area (Å²) in [7, 11) is 1.79. The van der Waals surface area contributed by atoms with Gasteiger partial charge in [-0.2, -0.15) is 0 Å². The molecule has 168 valence electrons. The highest BCUT2D eigenvalue weighted by Gasteiger charge is 2.12. The molecule has 4 rings (SSSR count). The summed E-state index contributed by atoms with van der Waals surface area (Å²) in [6.45, 7) is 11.0. The number of pyridine rings is 1. The van der Waals surface area contributed by atoms with Gasteiger partial charge in [0.1, 0.15) is 23.9 Å². The van der Waals surface area contributed by atoms with Crippen LogP contribution in [0.25, 0.3) is 16.5 Å². The van der Waals surface area contributed by atoms with Gasteiger partial charge in [0, 0.05) is 67.7 Å². The highest BCUT2D eigenvalue weighted by molar-refractivity contribution is 6.25. The summed E-state index contributed by atoms with van der Waals surface area (Å²) in [5, 5.41) is 0.915. The van der Waals surface area contributed by atoms with Crippen LogP contribution in [0.2, 0.25) is 0 Å². The number of fused-ring (bicyclic) bond motifs is 1. The lowest BCUT2D eigenvalue weighted by Crippen LogP contribution is -2.38. The molecule has 1 fully saturated rings. The maximum atomic E-state index is 6.23. The third-order valence-electron chi connectivity index (χ3n) is 5.44. The third-order valence-corrected chi connectivity index (χ3v) is 5.62. The molecule has 0 saturated carbocycles. The van der Waals surface area contributed by atoms with Crippen molar-refractivity contribution in [2.45, 2.75) is 6.92 Å². The number of ether oxygens (including phenoxy) is 3. The van der Waals surface area contributed by atoms with Crippen LogP contribution >= 0.6 is 11.8 Å². The summed E-state index contributed by atoms with van der Waals surface area (Å²) in [5.74, 6) is 2.21. The SMILES string of the molecule is C=C(C)c1ccc(Oc2ccnc3cc(OCCN4CCOCC4)ccc23)cc1N(C)Cl. The molecule has 0 spiro atoms. The van der Waals surface area contributed by atoms with Gasteiger partial charge in [0.25, 0.3) is 0 Å². The van der Waals surface area contributed by atoms with E-state index in [9.17, 15) is 0 Å². The van der Waals surface area contributed by atoms with E-state index in [4.69, 9.17) is 26.0 Å². The molecule has 3 aromatic rings. The molecule has 0 bridgehead atoms. The smallest absolute Gasteiger partial charge is 0.138 e. The number of morpholine rings is 1. The molecule has 1 aliphatic rings. The Kier molecular flexibility index (Phi) is 7.15. The third kappa shape index (κ3) is 5.33.